The number of carbonyl (C=O) groups is 2. The lowest BCUT2D eigenvalue weighted by Gasteiger charge is -2.16. The molecule has 2 heterocycles. The van der Waals surface area contributed by atoms with Gasteiger partial charge in [-0.25, -0.2) is 0 Å². The van der Waals surface area contributed by atoms with Gasteiger partial charge in [-0.15, -0.1) is 0 Å². The highest BCUT2D eigenvalue weighted by Gasteiger charge is 2.21. The van der Waals surface area contributed by atoms with E-state index in [0.29, 0.717) is 41.6 Å². The third-order valence-electron chi connectivity index (χ3n) is 4.18. The Morgan fingerprint density at radius 2 is 2.04 bits per heavy atom. The molecular formula is C18H27N3O4Si. The van der Waals surface area contributed by atoms with E-state index < -0.39 is 8.07 Å². The Kier molecular flexibility index (Phi) is 6.20. The van der Waals surface area contributed by atoms with Gasteiger partial charge in [0.25, 0.3) is 11.5 Å². The molecule has 0 aliphatic rings. The van der Waals surface area contributed by atoms with Crippen LogP contribution in [0.25, 0.3) is 10.9 Å². The number of fused-ring (bicyclic) bond motifs is 1. The first kappa shape index (κ1) is 20.1. The number of carbonyl (C=O) groups excluding carboxylic acids is 2. The summed E-state index contributed by atoms with van der Waals surface area (Å²) in [5.41, 5.74) is 0.732. The number of hydrogen-bond acceptors (Lipinski definition) is 4. The molecule has 2 rings (SSSR count). The molecule has 0 bridgehead atoms. The monoisotopic (exact) mass is 377 g/mol. The molecule has 1 N–H and O–H groups in total. The van der Waals surface area contributed by atoms with Crippen LogP contribution in [0, 0.1) is 0 Å². The van der Waals surface area contributed by atoms with Gasteiger partial charge in [-0.2, -0.15) is 0 Å². The van der Waals surface area contributed by atoms with Crippen molar-refractivity contribution in [3.8, 4) is 0 Å². The first-order chi connectivity index (χ1) is 12.2. The average Bonchev–Trinajstić information content (AvgIpc) is 2.94. The van der Waals surface area contributed by atoms with Gasteiger partial charge in [0.2, 0.25) is 0 Å². The third kappa shape index (κ3) is 4.31. The number of pyridine rings is 1. The van der Waals surface area contributed by atoms with Gasteiger partial charge in [0.05, 0.1) is 0 Å². The molecule has 0 fully saturated rings. The lowest BCUT2D eigenvalue weighted by atomic mass is 10.2. The molecule has 0 unspecified atom stereocenters. The maximum absolute atomic E-state index is 12.6. The maximum Gasteiger partial charge on any atom is 0.274 e. The van der Waals surface area contributed by atoms with Gasteiger partial charge in [0.1, 0.15) is 17.9 Å². The first-order valence-electron chi connectivity index (χ1n) is 8.73. The molecule has 0 saturated carbocycles. The van der Waals surface area contributed by atoms with Crippen LogP contribution >= 0.6 is 0 Å². The fourth-order valence-electron chi connectivity index (χ4n) is 2.70. The topological polar surface area (TPSA) is 82.3 Å². The van der Waals surface area contributed by atoms with Crippen LogP contribution < -0.4 is 10.9 Å². The van der Waals surface area contributed by atoms with Crippen molar-refractivity contribution in [2.45, 2.75) is 39.3 Å². The quantitative estimate of drug-likeness (QED) is 0.434. The van der Waals surface area contributed by atoms with Gasteiger partial charge in [0, 0.05) is 45.4 Å². The molecule has 26 heavy (non-hydrogen) atoms. The number of aldehydes is 1. The molecule has 2 aromatic rings. The van der Waals surface area contributed by atoms with Crippen LogP contribution in [0.15, 0.2) is 17.1 Å². The van der Waals surface area contributed by atoms with Crippen LogP contribution in [0.1, 0.15) is 27.8 Å². The molecule has 1 amide bonds. The lowest BCUT2D eigenvalue weighted by molar-refractivity contribution is 0.0811. The van der Waals surface area contributed by atoms with E-state index in [1.54, 1.807) is 17.7 Å². The molecule has 2 aromatic heterocycles. The Morgan fingerprint density at radius 1 is 1.35 bits per heavy atom. The summed E-state index contributed by atoms with van der Waals surface area (Å²) >= 11 is 0. The fourth-order valence-corrected chi connectivity index (χ4v) is 3.46. The summed E-state index contributed by atoms with van der Waals surface area (Å²) in [6.07, 6.45) is 2.18. The van der Waals surface area contributed by atoms with E-state index >= 15 is 0 Å². The van der Waals surface area contributed by atoms with Crippen molar-refractivity contribution in [1.82, 2.24) is 14.5 Å². The van der Waals surface area contributed by atoms with Gasteiger partial charge >= 0.3 is 0 Å². The van der Waals surface area contributed by atoms with Crippen molar-refractivity contribution in [3.05, 3.63) is 33.9 Å². The van der Waals surface area contributed by atoms with Crippen molar-refractivity contribution in [2.24, 2.45) is 7.05 Å². The molecule has 0 aliphatic carbocycles. The molecule has 0 spiro atoms. The Hall–Kier alpha value is -2.19. The van der Waals surface area contributed by atoms with Gasteiger partial charge < -0.3 is 19.2 Å². The minimum absolute atomic E-state index is 0.0952. The van der Waals surface area contributed by atoms with E-state index in [2.05, 4.69) is 25.0 Å². The van der Waals surface area contributed by atoms with Crippen molar-refractivity contribution in [1.29, 1.82) is 0 Å². The van der Waals surface area contributed by atoms with Crippen LogP contribution in [0.4, 0.5) is 0 Å². The zero-order chi connectivity index (χ0) is 19.5. The van der Waals surface area contributed by atoms with Crippen LogP contribution in [-0.2, 0) is 18.5 Å². The second-order valence-electron chi connectivity index (χ2n) is 7.55. The molecule has 0 atom stereocenters. The van der Waals surface area contributed by atoms with Crippen LogP contribution in [0.5, 0.6) is 0 Å². The number of hydrogen-bond donors (Lipinski definition) is 1. The second kappa shape index (κ2) is 8.01. The van der Waals surface area contributed by atoms with Gasteiger partial charge in [-0.05, 0) is 19.0 Å². The normalized spacial score (nSPS) is 11.7. The van der Waals surface area contributed by atoms with Crippen molar-refractivity contribution in [3.63, 3.8) is 0 Å². The number of aromatic nitrogens is 2. The highest BCUT2D eigenvalue weighted by Crippen LogP contribution is 2.20. The lowest BCUT2D eigenvalue weighted by Crippen LogP contribution is -2.28. The van der Waals surface area contributed by atoms with E-state index in [-0.39, 0.29) is 18.2 Å². The molecule has 8 heteroatoms. The van der Waals surface area contributed by atoms with Crippen LogP contribution in [-0.4, -0.2) is 42.6 Å². The largest absolute Gasteiger partial charge is 0.361 e. The van der Waals surface area contributed by atoms with Gasteiger partial charge in [0.15, 0.2) is 6.29 Å². The average molecular weight is 378 g/mol. The van der Waals surface area contributed by atoms with Crippen molar-refractivity contribution >= 4 is 31.2 Å². The third-order valence-corrected chi connectivity index (χ3v) is 5.88. The molecule has 0 aromatic carbocycles. The summed E-state index contributed by atoms with van der Waals surface area (Å²) in [5, 5.41) is 3.21. The molecule has 0 radical (unpaired) electrons. The van der Waals surface area contributed by atoms with Gasteiger partial charge in [-0.1, -0.05) is 19.6 Å². The molecular weight excluding hydrogens is 350 g/mol. The predicted octanol–water partition coefficient (Wildman–Crippen LogP) is 2.21. The fraction of sp³-hybridized carbons (Fsp3) is 0.500. The zero-order valence-electron chi connectivity index (χ0n) is 16.1. The van der Waals surface area contributed by atoms with E-state index in [0.717, 1.165) is 6.04 Å². The Balaban J connectivity index is 2.51. The molecule has 7 nitrogen and oxygen atoms in total. The second-order valence-corrected chi connectivity index (χ2v) is 13.2. The Morgan fingerprint density at radius 3 is 2.62 bits per heavy atom. The zero-order valence-corrected chi connectivity index (χ0v) is 17.1. The van der Waals surface area contributed by atoms with Crippen LogP contribution in [0.3, 0.4) is 0 Å². The number of ether oxygens (including phenoxy) is 1. The summed E-state index contributed by atoms with van der Waals surface area (Å²) in [6, 6.07) is 2.58. The minimum atomic E-state index is -1.24. The number of rotatable bonds is 8. The summed E-state index contributed by atoms with van der Waals surface area (Å²) < 4.78 is 8.70. The smallest absolute Gasteiger partial charge is 0.274 e. The summed E-state index contributed by atoms with van der Waals surface area (Å²) in [5.74, 6) is -0.295. The predicted molar refractivity (Wildman–Crippen MR) is 105 cm³/mol. The Bertz CT molecular complexity index is 877. The number of nitrogens with one attached hydrogen (secondary N) is 1. The number of amides is 1. The highest BCUT2D eigenvalue weighted by atomic mass is 28.3. The molecule has 0 saturated heterocycles. The van der Waals surface area contributed by atoms with Crippen LogP contribution in [0.2, 0.25) is 25.7 Å². The summed E-state index contributed by atoms with van der Waals surface area (Å²) in [6.45, 7) is 9.73. The maximum atomic E-state index is 12.6. The van der Waals surface area contributed by atoms with E-state index in [4.69, 9.17) is 4.74 Å². The SMILES string of the molecule is CCNC(=O)c1cc2c(C=O)cn(C)c(=O)c2n1COCC[Si](C)(C)C. The standard InChI is InChI=1S/C18H27N3O4Si/c1-6-19-17(23)15-9-14-13(11-22)10-20(2)18(24)16(14)21(15)12-25-7-8-26(3,4)5/h9-11H,6-8,12H2,1-5H3,(H,19,23). The van der Waals surface area contributed by atoms with Gasteiger partial charge in [-0.3, -0.25) is 14.4 Å². The minimum Gasteiger partial charge on any atom is -0.361 e. The van der Waals surface area contributed by atoms with E-state index in [9.17, 15) is 14.4 Å². The first-order valence-corrected chi connectivity index (χ1v) is 12.4. The van der Waals surface area contributed by atoms with Crippen molar-refractivity contribution < 1.29 is 14.3 Å². The summed E-state index contributed by atoms with van der Waals surface area (Å²) in [4.78, 5) is 36.5. The van der Waals surface area contributed by atoms with Crippen molar-refractivity contribution in [2.75, 3.05) is 13.2 Å². The number of aryl methyl sites for hydroxylation is 1. The van der Waals surface area contributed by atoms with E-state index in [1.165, 1.54) is 10.8 Å². The highest BCUT2D eigenvalue weighted by molar-refractivity contribution is 6.76. The summed E-state index contributed by atoms with van der Waals surface area (Å²) in [7, 11) is 0.346. The van der Waals surface area contributed by atoms with E-state index in [1.807, 2.05) is 6.92 Å². The molecule has 142 valence electrons. The number of nitrogens with zero attached hydrogens (tertiary/aromatic N) is 2. The Labute approximate surface area is 154 Å². The molecule has 0 aliphatic heterocycles.